The lowest BCUT2D eigenvalue weighted by Gasteiger charge is -2.11. The van der Waals surface area contributed by atoms with E-state index in [2.05, 4.69) is 5.32 Å². The van der Waals surface area contributed by atoms with E-state index in [-0.39, 0.29) is 23.5 Å². The third-order valence-corrected chi connectivity index (χ3v) is 7.42. The van der Waals surface area contributed by atoms with Crippen molar-refractivity contribution in [1.82, 2.24) is 10.3 Å². The van der Waals surface area contributed by atoms with E-state index in [0.717, 1.165) is 40.1 Å². The van der Waals surface area contributed by atoms with Crippen molar-refractivity contribution >= 4 is 39.2 Å². The van der Waals surface area contributed by atoms with Crippen molar-refractivity contribution in [2.75, 3.05) is 13.1 Å². The number of thiazole rings is 1. The molecule has 3 atom stereocenters. The molecule has 3 rings (SSSR count). The van der Waals surface area contributed by atoms with Gasteiger partial charge in [0, 0.05) is 25.3 Å². The number of hydrogen-bond donors (Lipinski definition) is 4. The van der Waals surface area contributed by atoms with Gasteiger partial charge in [0.25, 0.3) is 0 Å². The van der Waals surface area contributed by atoms with Crippen molar-refractivity contribution in [2.45, 2.75) is 69.7 Å². The first kappa shape index (κ1) is 25.3. The zero-order valence-corrected chi connectivity index (χ0v) is 19.7. The van der Waals surface area contributed by atoms with Crippen LogP contribution in [0.2, 0.25) is 0 Å². The van der Waals surface area contributed by atoms with Gasteiger partial charge in [-0.2, -0.15) is 0 Å². The van der Waals surface area contributed by atoms with Gasteiger partial charge >= 0.3 is 5.97 Å². The fourth-order valence-corrected chi connectivity index (χ4v) is 5.46. The molecule has 0 aliphatic heterocycles. The quantitative estimate of drug-likeness (QED) is 0.326. The number of unbranched alkanes of at least 4 members (excludes halogenated alkanes) is 1. The summed E-state index contributed by atoms with van der Waals surface area (Å²) in [7, 11) is 0. The first-order valence-electron chi connectivity index (χ1n) is 11.7. The summed E-state index contributed by atoms with van der Waals surface area (Å²) in [6.45, 7) is 1.03. The van der Waals surface area contributed by atoms with Crippen LogP contribution in [0, 0.1) is 5.92 Å². The summed E-state index contributed by atoms with van der Waals surface area (Å²) in [6, 6.07) is 5.36. The molecule has 1 heterocycles. The highest BCUT2D eigenvalue weighted by Gasteiger charge is 2.32. The molecule has 1 amide bonds. The lowest BCUT2D eigenvalue weighted by atomic mass is 10.1. The Bertz CT molecular complexity index is 977. The van der Waals surface area contributed by atoms with Crippen LogP contribution in [0.1, 0.15) is 67.9 Å². The molecule has 0 bridgehead atoms. The van der Waals surface area contributed by atoms with Crippen LogP contribution in [-0.4, -0.2) is 46.9 Å². The number of Topliss-reactive ketones (excluding diaryl/α,β-unsaturated/α-hetero) is 1. The van der Waals surface area contributed by atoms with Gasteiger partial charge in [0.2, 0.25) is 5.91 Å². The highest BCUT2D eigenvalue weighted by atomic mass is 32.1. The molecule has 0 spiro atoms. The zero-order valence-electron chi connectivity index (χ0n) is 18.9. The number of amides is 1. The van der Waals surface area contributed by atoms with E-state index >= 15 is 0 Å². The van der Waals surface area contributed by atoms with Crippen LogP contribution >= 0.6 is 11.3 Å². The average molecular weight is 475 g/mol. The molecule has 1 fully saturated rings. The molecule has 8 nitrogen and oxygen atoms in total. The van der Waals surface area contributed by atoms with E-state index in [1.807, 2.05) is 18.2 Å². The van der Waals surface area contributed by atoms with Crippen molar-refractivity contribution in [2.24, 2.45) is 17.4 Å². The van der Waals surface area contributed by atoms with Gasteiger partial charge in [-0.15, -0.1) is 11.3 Å². The predicted molar refractivity (Wildman–Crippen MR) is 129 cm³/mol. The van der Waals surface area contributed by atoms with Gasteiger partial charge in [0.05, 0.1) is 27.2 Å². The molecular formula is C24H34N4O4S. The first-order valence-corrected chi connectivity index (χ1v) is 12.6. The minimum Gasteiger partial charge on any atom is -0.481 e. The minimum atomic E-state index is -0.718. The van der Waals surface area contributed by atoms with E-state index in [4.69, 9.17) is 16.5 Å². The molecule has 0 radical (unpaired) electrons. The fraction of sp³-hybridized carbons (Fsp3) is 0.583. The normalized spacial score (nSPS) is 19.0. The first-order chi connectivity index (χ1) is 15.9. The Hall–Kier alpha value is -2.36. The van der Waals surface area contributed by atoms with Gasteiger partial charge in [-0.3, -0.25) is 14.4 Å². The van der Waals surface area contributed by atoms with Crippen LogP contribution in [0.5, 0.6) is 0 Å². The number of benzene rings is 1. The van der Waals surface area contributed by atoms with Gasteiger partial charge in [0.15, 0.2) is 0 Å². The number of ketones is 1. The maximum absolute atomic E-state index is 12.4. The molecule has 1 saturated carbocycles. The molecule has 1 aliphatic rings. The topological polar surface area (TPSA) is 148 Å². The number of hydrogen-bond acceptors (Lipinski definition) is 7. The van der Waals surface area contributed by atoms with Gasteiger partial charge in [-0.1, -0.05) is 12.5 Å². The van der Waals surface area contributed by atoms with Crippen LogP contribution in [0.4, 0.5) is 0 Å². The van der Waals surface area contributed by atoms with Crippen molar-refractivity contribution in [3.63, 3.8) is 0 Å². The maximum atomic E-state index is 12.4. The second-order valence-electron chi connectivity index (χ2n) is 8.90. The number of rotatable bonds is 13. The number of fused-ring (bicyclic) bond motifs is 1. The summed E-state index contributed by atoms with van der Waals surface area (Å²) in [5.74, 6) is -0.836. The Balaban J connectivity index is 1.43. The Kier molecular flexibility index (Phi) is 9.34. The lowest BCUT2D eigenvalue weighted by Crippen LogP contribution is -2.41. The molecule has 1 aliphatic carbocycles. The van der Waals surface area contributed by atoms with Gasteiger partial charge < -0.3 is 21.9 Å². The number of nitrogens with two attached hydrogens (primary N) is 2. The number of carboxylic acids is 1. The molecule has 2 unspecified atom stereocenters. The molecular weight excluding hydrogens is 440 g/mol. The molecule has 33 heavy (non-hydrogen) atoms. The number of carboxylic acid groups (broad SMARTS) is 1. The van der Waals surface area contributed by atoms with E-state index in [9.17, 15) is 19.5 Å². The van der Waals surface area contributed by atoms with Gasteiger partial charge in [0.1, 0.15) is 5.78 Å². The summed E-state index contributed by atoms with van der Waals surface area (Å²) in [5.41, 5.74) is 13.2. The second-order valence-corrected chi connectivity index (χ2v) is 9.96. The highest BCUT2D eigenvalue weighted by Crippen LogP contribution is 2.41. The van der Waals surface area contributed by atoms with Crippen molar-refractivity contribution in [1.29, 1.82) is 0 Å². The van der Waals surface area contributed by atoms with E-state index in [1.165, 1.54) is 0 Å². The summed E-state index contributed by atoms with van der Waals surface area (Å²) in [6.07, 6.45) is 5.84. The van der Waals surface area contributed by atoms with Crippen molar-refractivity contribution < 1.29 is 19.5 Å². The number of carbonyl (C=O) groups is 3. The van der Waals surface area contributed by atoms with E-state index in [1.54, 1.807) is 11.3 Å². The molecule has 1 aromatic heterocycles. The summed E-state index contributed by atoms with van der Waals surface area (Å²) in [5, 5.41) is 13.0. The Labute approximate surface area is 198 Å². The number of carbonyl (C=O) groups excluding carboxylic acids is 2. The predicted octanol–water partition coefficient (Wildman–Crippen LogP) is 2.73. The minimum absolute atomic E-state index is 0.126. The third kappa shape index (κ3) is 7.31. The standard InChI is InChI=1S/C24H34N4O4S/c25-10-2-1-5-19(26)22(30)27-11-3-4-18(29)12-15-6-9-20-21(13-15)33-23(28-20)16-7-8-17(14-16)24(31)32/h6,9,13,16-17,19H,1-5,7-8,10-12,14,25-26H2,(H,27,30)(H,31,32)/t16?,17-,19?/m0/s1. The highest BCUT2D eigenvalue weighted by molar-refractivity contribution is 7.18. The summed E-state index contributed by atoms with van der Waals surface area (Å²) in [4.78, 5) is 40.3. The maximum Gasteiger partial charge on any atom is 0.306 e. The molecule has 2 aromatic rings. The number of aliphatic carboxylic acids is 1. The van der Waals surface area contributed by atoms with Gasteiger partial charge in [-0.25, -0.2) is 4.98 Å². The second kappa shape index (κ2) is 12.2. The molecule has 180 valence electrons. The lowest BCUT2D eigenvalue weighted by molar-refractivity contribution is -0.141. The SMILES string of the molecule is NCCCCC(N)C(=O)NCCCC(=O)Cc1ccc2nc(C3CC[C@H](C(=O)O)C3)sc2c1. The molecule has 1 aromatic carbocycles. The molecule has 0 saturated heterocycles. The molecule has 6 N–H and O–H groups in total. The van der Waals surface area contributed by atoms with Crippen LogP contribution in [0.3, 0.4) is 0 Å². The van der Waals surface area contributed by atoms with Crippen LogP contribution in [-0.2, 0) is 20.8 Å². The Morgan fingerprint density at radius 3 is 2.76 bits per heavy atom. The third-order valence-electron chi connectivity index (χ3n) is 6.24. The largest absolute Gasteiger partial charge is 0.481 e. The zero-order chi connectivity index (χ0) is 23.8. The summed E-state index contributed by atoms with van der Waals surface area (Å²) >= 11 is 1.60. The Morgan fingerprint density at radius 1 is 1.21 bits per heavy atom. The van der Waals surface area contributed by atoms with Crippen molar-refractivity contribution in [3.8, 4) is 0 Å². The van der Waals surface area contributed by atoms with Gasteiger partial charge in [-0.05, 0) is 62.8 Å². The number of nitrogens with one attached hydrogen (secondary N) is 1. The van der Waals surface area contributed by atoms with Crippen LogP contribution in [0.15, 0.2) is 18.2 Å². The average Bonchev–Trinajstić information content (AvgIpc) is 3.43. The number of nitrogens with zero attached hydrogens (tertiary/aromatic N) is 1. The van der Waals surface area contributed by atoms with E-state index in [0.29, 0.717) is 51.6 Å². The van der Waals surface area contributed by atoms with Crippen LogP contribution < -0.4 is 16.8 Å². The fourth-order valence-electron chi connectivity index (χ4n) is 4.29. The Morgan fingerprint density at radius 2 is 2.03 bits per heavy atom. The monoisotopic (exact) mass is 474 g/mol. The van der Waals surface area contributed by atoms with E-state index < -0.39 is 12.0 Å². The van der Waals surface area contributed by atoms with Crippen molar-refractivity contribution in [3.05, 3.63) is 28.8 Å². The van der Waals surface area contributed by atoms with Crippen LogP contribution in [0.25, 0.3) is 10.2 Å². The molecule has 9 heteroatoms. The smallest absolute Gasteiger partial charge is 0.306 e. The number of aromatic nitrogens is 1. The summed E-state index contributed by atoms with van der Waals surface area (Å²) < 4.78 is 1.03.